The maximum absolute atomic E-state index is 6.65. The first-order valence-corrected chi connectivity index (χ1v) is 19.4. The second-order valence-electron chi connectivity index (χ2n) is 14.8. The lowest BCUT2D eigenvalue weighted by Gasteiger charge is -2.11. The fourth-order valence-electron chi connectivity index (χ4n) is 8.52. The molecule has 0 spiro atoms. The van der Waals surface area contributed by atoms with Crippen LogP contribution in [0.5, 0.6) is 0 Å². The second kappa shape index (κ2) is 12.8. The van der Waals surface area contributed by atoms with Gasteiger partial charge in [0.15, 0.2) is 17.5 Å². The van der Waals surface area contributed by atoms with Crippen LogP contribution in [0.25, 0.3) is 122 Å². The van der Waals surface area contributed by atoms with Crippen molar-refractivity contribution >= 4 is 65.4 Å². The molecule has 5 heteroatoms. The van der Waals surface area contributed by atoms with Gasteiger partial charge in [0, 0.05) is 43.8 Å². The monoisotopic (exact) mass is 741 g/mol. The first-order valence-electron chi connectivity index (χ1n) is 19.4. The molecule has 0 N–H and O–H groups in total. The summed E-state index contributed by atoms with van der Waals surface area (Å²) in [4.78, 5) is 15.7. The van der Waals surface area contributed by atoms with Crippen molar-refractivity contribution in [1.82, 2.24) is 15.0 Å². The van der Waals surface area contributed by atoms with Crippen molar-refractivity contribution in [2.24, 2.45) is 0 Å². The van der Waals surface area contributed by atoms with E-state index in [1.165, 1.54) is 11.1 Å². The summed E-state index contributed by atoms with van der Waals surface area (Å²) in [6, 6.07) is 65.1. The number of hydrogen-bond donors (Lipinski definition) is 0. The Morgan fingerprint density at radius 2 is 0.862 bits per heavy atom. The standard InChI is InChI=1S/C53H31N3O2/c1-3-11-32(12-4-1)34-21-22-36-30-38(24-23-35(36)29-34)51-54-52(39-25-27-40-37(31-39)26-28-47-48(40)42-15-7-8-19-45(42)57-47)56-53(55-51)44-18-10-20-46-49(44)43-17-9-16-41(50(43)58-46)33-13-5-2-6-14-33/h1-31H. The van der Waals surface area contributed by atoms with Gasteiger partial charge < -0.3 is 8.83 Å². The fraction of sp³-hybridized carbons (Fsp3) is 0. The summed E-state index contributed by atoms with van der Waals surface area (Å²) in [6.45, 7) is 0. The molecule has 9 aromatic carbocycles. The predicted octanol–water partition coefficient (Wildman–Crippen LogP) is 14.3. The molecule has 0 bridgehead atoms. The molecule has 3 aromatic heterocycles. The van der Waals surface area contributed by atoms with E-state index in [1.54, 1.807) is 0 Å². The van der Waals surface area contributed by atoms with Crippen LogP contribution in [0.1, 0.15) is 0 Å². The van der Waals surface area contributed by atoms with Crippen molar-refractivity contribution in [3.8, 4) is 56.4 Å². The van der Waals surface area contributed by atoms with E-state index in [0.717, 1.165) is 93.2 Å². The first kappa shape index (κ1) is 32.4. The van der Waals surface area contributed by atoms with E-state index in [1.807, 2.05) is 36.4 Å². The van der Waals surface area contributed by atoms with Crippen LogP contribution in [0, 0.1) is 0 Å². The van der Waals surface area contributed by atoms with Crippen LogP contribution in [-0.4, -0.2) is 15.0 Å². The zero-order valence-electron chi connectivity index (χ0n) is 31.1. The zero-order valence-corrected chi connectivity index (χ0v) is 31.1. The second-order valence-corrected chi connectivity index (χ2v) is 14.8. The van der Waals surface area contributed by atoms with Gasteiger partial charge in [0.1, 0.15) is 22.3 Å². The smallest absolute Gasteiger partial charge is 0.164 e. The molecule has 0 saturated heterocycles. The number of nitrogens with zero attached hydrogens (tertiary/aromatic N) is 3. The van der Waals surface area contributed by atoms with Crippen LogP contribution in [0.15, 0.2) is 197 Å². The molecule has 0 fully saturated rings. The van der Waals surface area contributed by atoms with Crippen LogP contribution in [0.3, 0.4) is 0 Å². The maximum Gasteiger partial charge on any atom is 0.164 e. The Morgan fingerprint density at radius 3 is 1.67 bits per heavy atom. The molecule has 58 heavy (non-hydrogen) atoms. The normalized spacial score (nSPS) is 11.8. The summed E-state index contributed by atoms with van der Waals surface area (Å²) >= 11 is 0. The third-order valence-electron chi connectivity index (χ3n) is 11.3. The first-order chi connectivity index (χ1) is 28.7. The molecular formula is C53H31N3O2. The van der Waals surface area contributed by atoms with Crippen molar-refractivity contribution in [3.05, 3.63) is 188 Å². The van der Waals surface area contributed by atoms with Crippen molar-refractivity contribution in [1.29, 1.82) is 0 Å². The summed E-state index contributed by atoms with van der Waals surface area (Å²) < 4.78 is 12.9. The molecule has 12 rings (SSSR count). The Hall–Kier alpha value is -7.89. The van der Waals surface area contributed by atoms with Crippen LogP contribution >= 0.6 is 0 Å². The average Bonchev–Trinajstić information content (AvgIpc) is 3.88. The van der Waals surface area contributed by atoms with Crippen molar-refractivity contribution in [3.63, 3.8) is 0 Å². The van der Waals surface area contributed by atoms with Gasteiger partial charge in [-0.05, 0) is 74.6 Å². The SMILES string of the molecule is c1ccc(-c2ccc3cc(-c4nc(-c5ccc6c(ccc7oc8ccccc8c76)c5)nc(-c5cccc6oc7c(-c8ccccc8)cccc7c56)n4)ccc3c2)cc1. The molecule has 0 aliphatic carbocycles. The van der Waals surface area contributed by atoms with E-state index in [9.17, 15) is 0 Å². The average molecular weight is 742 g/mol. The molecule has 3 heterocycles. The minimum absolute atomic E-state index is 0.578. The van der Waals surface area contributed by atoms with Crippen LogP contribution in [-0.2, 0) is 0 Å². The molecule has 0 atom stereocenters. The highest BCUT2D eigenvalue weighted by Crippen LogP contribution is 2.41. The van der Waals surface area contributed by atoms with E-state index in [-0.39, 0.29) is 0 Å². The van der Waals surface area contributed by atoms with Crippen molar-refractivity contribution in [2.45, 2.75) is 0 Å². The van der Waals surface area contributed by atoms with Crippen LogP contribution in [0.2, 0.25) is 0 Å². The van der Waals surface area contributed by atoms with Crippen LogP contribution in [0.4, 0.5) is 0 Å². The third-order valence-corrected chi connectivity index (χ3v) is 11.3. The maximum atomic E-state index is 6.65. The number of furan rings is 2. The van der Waals surface area contributed by atoms with E-state index in [4.69, 9.17) is 23.8 Å². The number of para-hydroxylation sites is 2. The summed E-state index contributed by atoms with van der Waals surface area (Å²) in [7, 11) is 0. The molecular weight excluding hydrogens is 711 g/mol. The topological polar surface area (TPSA) is 65.0 Å². The summed E-state index contributed by atoms with van der Waals surface area (Å²) in [6.07, 6.45) is 0. The van der Waals surface area contributed by atoms with Crippen molar-refractivity contribution in [2.75, 3.05) is 0 Å². The minimum atomic E-state index is 0.578. The molecule has 0 aliphatic heterocycles. The van der Waals surface area contributed by atoms with E-state index in [0.29, 0.717) is 17.5 Å². The predicted molar refractivity (Wildman–Crippen MR) is 237 cm³/mol. The number of fused-ring (bicyclic) bond motifs is 9. The Morgan fingerprint density at radius 1 is 0.293 bits per heavy atom. The number of aromatic nitrogens is 3. The fourth-order valence-corrected chi connectivity index (χ4v) is 8.52. The number of benzene rings is 9. The van der Waals surface area contributed by atoms with E-state index >= 15 is 0 Å². The number of rotatable bonds is 5. The highest BCUT2D eigenvalue weighted by molar-refractivity contribution is 6.19. The van der Waals surface area contributed by atoms with Crippen molar-refractivity contribution < 1.29 is 8.83 Å². The summed E-state index contributed by atoms with van der Waals surface area (Å²) in [5.41, 5.74) is 10.6. The lowest BCUT2D eigenvalue weighted by atomic mass is 9.99. The van der Waals surface area contributed by atoms with E-state index in [2.05, 4.69) is 152 Å². The molecule has 0 aliphatic rings. The van der Waals surface area contributed by atoms with Gasteiger partial charge in [-0.1, -0.05) is 152 Å². The lowest BCUT2D eigenvalue weighted by molar-refractivity contribution is 0.669. The molecule has 270 valence electrons. The zero-order chi connectivity index (χ0) is 38.2. The summed E-state index contributed by atoms with van der Waals surface area (Å²) in [5.74, 6) is 1.77. The van der Waals surface area contributed by atoms with Gasteiger partial charge in [-0.25, -0.2) is 15.0 Å². The molecule has 0 radical (unpaired) electrons. The highest BCUT2D eigenvalue weighted by atomic mass is 16.3. The molecule has 0 saturated carbocycles. The quantitative estimate of drug-likeness (QED) is 0.176. The Bertz CT molecular complexity index is 3570. The minimum Gasteiger partial charge on any atom is -0.456 e. The van der Waals surface area contributed by atoms with Gasteiger partial charge in [0.2, 0.25) is 0 Å². The highest BCUT2D eigenvalue weighted by Gasteiger charge is 2.20. The van der Waals surface area contributed by atoms with E-state index < -0.39 is 0 Å². The van der Waals surface area contributed by atoms with Gasteiger partial charge in [-0.2, -0.15) is 0 Å². The van der Waals surface area contributed by atoms with Gasteiger partial charge in [-0.3, -0.25) is 0 Å². The third kappa shape index (κ3) is 5.21. The summed E-state index contributed by atoms with van der Waals surface area (Å²) in [5, 5.41) is 8.65. The largest absolute Gasteiger partial charge is 0.456 e. The van der Waals surface area contributed by atoms with Gasteiger partial charge >= 0.3 is 0 Å². The van der Waals surface area contributed by atoms with Crippen LogP contribution < -0.4 is 0 Å². The number of hydrogen-bond acceptors (Lipinski definition) is 5. The Balaban J connectivity index is 1.06. The van der Waals surface area contributed by atoms with Gasteiger partial charge in [0.05, 0.1) is 0 Å². The van der Waals surface area contributed by atoms with Gasteiger partial charge in [-0.15, -0.1) is 0 Å². The van der Waals surface area contributed by atoms with Gasteiger partial charge in [0.25, 0.3) is 0 Å². The Labute approximate surface area is 332 Å². The lowest BCUT2D eigenvalue weighted by Crippen LogP contribution is -2.00. The molecule has 0 amide bonds. The molecule has 0 unspecified atom stereocenters. The molecule has 5 nitrogen and oxygen atoms in total. The molecule has 12 aromatic rings. The Kier molecular flexibility index (Phi) is 7.16.